The number of hydrogen-bond donors (Lipinski definition) is 1. The van der Waals surface area contributed by atoms with Gasteiger partial charge < -0.3 is 10.2 Å². The lowest BCUT2D eigenvalue weighted by molar-refractivity contribution is 0.144. The van der Waals surface area contributed by atoms with Crippen molar-refractivity contribution in [2.45, 2.75) is 6.92 Å². The molecule has 3 nitrogen and oxygen atoms in total. The molecule has 1 aliphatic rings. The molecule has 2 rings (SSSR count). The van der Waals surface area contributed by atoms with Crippen LogP contribution in [0.4, 0.5) is 5.82 Å². The van der Waals surface area contributed by atoms with Crippen LogP contribution in [0, 0.1) is 12.8 Å². The Morgan fingerprint density at radius 3 is 2.86 bits per heavy atom. The van der Waals surface area contributed by atoms with Crippen molar-refractivity contribution < 1.29 is 0 Å². The summed E-state index contributed by atoms with van der Waals surface area (Å²) in [6, 6.07) is 4.12. The average molecular weight is 191 g/mol. The Hall–Kier alpha value is -1.09. The third-order valence-electron chi connectivity index (χ3n) is 2.62. The molecule has 0 aliphatic carbocycles. The summed E-state index contributed by atoms with van der Waals surface area (Å²) in [5, 5.41) is 3.36. The number of nitrogens with zero attached hydrogens (tertiary/aromatic N) is 2. The van der Waals surface area contributed by atoms with Crippen molar-refractivity contribution in [3.8, 4) is 0 Å². The van der Waals surface area contributed by atoms with Gasteiger partial charge in [-0.2, -0.15) is 0 Å². The minimum absolute atomic E-state index is 0.795. The number of pyridine rings is 1. The van der Waals surface area contributed by atoms with Gasteiger partial charge in [0.15, 0.2) is 0 Å². The van der Waals surface area contributed by atoms with E-state index in [9.17, 15) is 0 Å². The summed E-state index contributed by atoms with van der Waals surface area (Å²) in [6.45, 7) is 5.51. The van der Waals surface area contributed by atoms with E-state index in [0.29, 0.717) is 0 Å². The van der Waals surface area contributed by atoms with Crippen molar-refractivity contribution in [3.63, 3.8) is 0 Å². The van der Waals surface area contributed by atoms with Crippen molar-refractivity contribution in [1.82, 2.24) is 9.88 Å². The van der Waals surface area contributed by atoms with Crippen LogP contribution in [0.25, 0.3) is 0 Å². The van der Waals surface area contributed by atoms with E-state index < -0.39 is 0 Å². The lowest BCUT2D eigenvalue weighted by atomic mass is 10.0. The standard InChI is InChI=1S/C11H17N3/c1-9-3-4-11(12-5-9)13-6-10-7-14(2)8-10/h3-5,10H,6-8H2,1-2H3,(H,12,13). The van der Waals surface area contributed by atoms with E-state index in [2.05, 4.69) is 35.2 Å². The number of nitrogens with one attached hydrogen (secondary N) is 1. The van der Waals surface area contributed by atoms with Crippen molar-refractivity contribution in [2.75, 3.05) is 32.0 Å². The number of likely N-dealkylation sites (tertiary alicyclic amines) is 1. The molecule has 0 spiro atoms. The molecule has 1 fully saturated rings. The van der Waals surface area contributed by atoms with Gasteiger partial charge in [0, 0.05) is 31.7 Å². The molecule has 0 amide bonds. The molecule has 1 aromatic rings. The predicted molar refractivity (Wildman–Crippen MR) is 58.5 cm³/mol. The van der Waals surface area contributed by atoms with Crippen LogP contribution in [0.1, 0.15) is 5.56 Å². The van der Waals surface area contributed by atoms with E-state index in [-0.39, 0.29) is 0 Å². The van der Waals surface area contributed by atoms with Crippen LogP contribution in [0.15, 0.2) is 18.3 Å². The van der Waals surface area contributed by atoms with Crippen molar-refractivity contribution in [2.24, 2.45) is 5.92 Å². The third kappa shape index (κ3) is 2.23. The maximum Gasteiger partial charge on any atom is 0.125 e. The minimum Gasteiger partial charge on any atom is -0.370 e. The molecule has 1 aliphatic heterocycles. The number of aryl methyl sites for hydroxylation is 1. The summed E-state index contributed by atoms with van der Waals surface area (Å²) in [4.78, 5) is 6.63. The zero-order chi connectivity index (χ0) is 9.97. The molecule has 0 unspecified atom stereocenters. The van der Waals surface area contributed by atoms with E-state index in [1.54, 1.807) is 0 Å². The molecular weight excluding hydrogens is 174 g/mol. The van der Waals surface area contributed by atoms with Crippen LogP contribution in [-0.4, -0.2) is 36.6 Å². The van der Waals surface area contributed by atoms with E-state index in [4.69, 9.17) is 0 Å². The van der Waals surface area contributed by atoms with E-state index >= 15 is 0 Å². The van der Waals surface area contributed by atoms with E-state index in [1.807, 2.05) is 12.3 Å². The molecule has 0 bridgehead atoms. The number of hydrogen-bond acceptors (Lipinski definition) is 3. The number of rotatable bonds is 3. The van der Waals surface area contributed by atoms with Crippen LogP contribution in [0.5, 0.6) is 0 Å². The first kappa shape index (κ1) is 9.46. The summed E-state index contributed by atoms with van der Waals surface area (Å²) in [7, 11) is 2.15. The summed E-state index contributed by atoms with van der Waals surface area (Å²) >= 11 is 0. The topological polar surface area (TPSA) is 28.2 Å². The highest BCUT2D eigenvalue weighted by molar-refractivity contribution is 5.35. The predicted octanol–water partition coefficient (Wildman–Crippen LogP) is 1.36. The van der Waals surface area contributed by atoms with Crippen molar-refractivity contribution in [1.29, 1.82) is 0 Å². The Morgan fingerprint density at radius 1 is 1.50 bits per heavy atom. The average Bonchev–Trinajstić information content (AvgIpc) is 2.13. The Balaban J connectivity index is 1.78. The highest BCUT2D eigenvalue weighted by atomic mass is 15.2. The quantitative estimate of drug-likeness (QED) is 0.782. The Labute approximate surface area is 85.1 Å². The van der Waals surface area contributed by atoms with Crippen LogP contribution in [-0.2, 0) is 0 Å². The molecule has 14 heavy (non-hydrogen) atoms. The van der Waals surface area contributed by atoms with Gasteiger partial charge in [0.1, 0.15) is 5.82 Å². The normalized spacial score (nSPS) is 17.9. The summed E-state index contributed by atoms with van der Waals surface area (Å²) in [6.07, 6.45) is 1.90. The van der Waals surface area contributed by atoms with Gasteiger partial charge in [0.05, 0.1) is 0 Å². The summed E-state index contributed by atoms with van der Waals surface area (Å²) < 4.78 is 0. The maximum atomic E-state index is 4.30. The molecule has 1 N–H and O–H groups in total. The fourth-order valence-corrected chi connectivity index (χ4v) is 1.78. The van der Waals surface area contributed by atoms with E-state index in [1.165, 1.54) is 18.7 Å². The highest BCUT2D eigenvalue weighted by Crippen LogP contribution is 2.13. The molecule has 76 valence electrons. The lowest BCUT2D eigenvalue weighted by Crippen LogP contribution is -2.46. The molecule has 3 heteroatoms. The van der Waals surface area contributed by atoms with Crippen LogP contribution in [0.3, 0.4) is 0 Å². The van der Waals surface area contributed by atoms with Gasteiger partial charge in [-0.05, 0) is 25.6 Å². The van der Waals surface area contributed by atoms with Gasteiger partial charge in [0.2, 0.25) is 0 Å². The molecule has 2 heterocycles. The van der Waals surface area contributed by atoms with Gasteiger partial charge in [0.25, 0.3) is 0 Å². The molecule has 1 aromatic heterocycles. The summed E-state index contributed by atoms with van der Waals surface area (Å²) in [5.41, 5.74) is 1.21. The van der Waals surface area contributed by atoms with Crippen molar-refractivity contribution >= 4 is 5.82 Å². The zero-order valence-corrected chi connectivity index (χ0v) is 8.83. The van der Waals surface area contributed by atoms with Crippen LogP contribution in [0.2, 0.25) is 0 Å². The third-order valence-corrected chi connectivity index (χ3v) is 2.62. The molecule has 1 saturated heterocycles. The second-order valence-corrected chi connectivity index (χ2v) is 4.19. The monoisotopic (exact) mass is 191 g/mol. The molecule has 0 aromatic carbocycles. The van der Waals surface area contributed by atoms with Gasteiger partial charge in [-0.3, -0.25) is 0 Å². The fourth-order valence-electron chi connectivity index (χ4n) is 1.78. The van der Waals surface area contributed by atoms with Gasteiger partial charge in [-0.15, -0.1) is 0 Å². The van der Waals surface area contributed by atoms with E-state index in [0.717, 1.165) is 18.3 Å². The zero-order valence-electron chi connectivity index (χ0n) is 8.83. The van der Waals surface area contributed by atoms with Gasteiger partial charge >= 0.3 is 0 Å². The van der Waals surface area contributed by atoms with Gasteiger partial charge in [-0.1, -0.05) is 6.07 Å². The Kier molecular flexibility index (Phi) is 2.68. The largest absolute Gasteiger partial charge is 0.370 e. The van der Waals surface area contributed by atoms with Crippen molar-refractivity contribution in [3.05, 3.63) is 23.9 Å². The Morgan fingerprint density at radius 2 is 2.29 bits per heavy atom. The molecule has 0 radical (unpaired) electrons. The SMILES string of the molecule is Cc1ccc(NCC2CN(C)C2)nc1. The Bertz CT molecular complexity index is 288. The second-order valence-electron chi connectivity index (χ2n) is 4.19. The smallest absolute Gasteiger partial charge is 0.125 e. The number of anilines is 1. The minimum atomic E-state index is 0.795. The first-order valence-corrected chi connectivity index (χ1v) is 5.09. The highest BCUT2D eigenvalue weighted by Gasteiger charge is 2.22. The fraction of sp³-hybridized carbons (Fsp3) is 0.545. The lowest BCUT2D eigenvalue weighted by Gasteiger charge is -2.36. The molecule has 0 saturated carbocycles. The van der Waals surface area contributed by atoms with Crippen LogP contribution < -0.4 is 5.32 Å². The van der Waals surface area contributed by atoms with Gasteiger partial charge in [-0.25, -0.2) is 4.98 Å². The maximum absolute atomic E-state index is 4.30. The van der Waals surface area contributed by atoms with Crippen LogP contribution >= 0.6 is 0 Å². The second kappa shape index (κ2) is 3.96. The molecular formula is C11H17N3. The first-order valence-electron chi connectivity index (χ1n) is 5.09. The number of aromatic nitrogens is 1. The first-order chi connectivity index (χ1) is 6.74. The summed E-state index contributed by atoms with van der Waals surface area (Å²) in [5.74, 6) is 1.79. The molecule has 0 atom stereocenters.